The van der Waals surface area contributed by atoms with Gasteiger partial charge in [-0.25, -0.2) is 4.79 Å². The zero-order chi connectivity index (χ0) is 16.8. The van der Waals surface area contributed by atoms with Gasteiger partial charge in [-0.3, -0.25) is 4.79 Å². The number of ether oxygens (including phenoxy) is 1. The number of aliphatic carboxylic acids is 1. The number of carbonyl (C=O) groups excluding carboxylic acids is 1. The van der Waals surface area contributed by atoms with Crippen molar-refractivity contribution in [1.29, 1.82) is 0 Å². The predicted octanol–water partition coefficient (Wildman–Crippen LogP) is 3.22. The lowest BCUT2D eigenvalue weighted by Crippen LogP contribution is -2.34. The molecule has 126 valence electrons. The Hall–Kier alpha value is -2.04. The molecular weight excluding hydrogens is 294 g/mol. The molecule has 5 heteroatoms. The van der Waals surface area contributed by atoms with Crippen LogP contribution in [0.2, 0.25) is 0 Å². The van der Waals surface area contributed by atoms with Crippen LogP contribution in [0.5, 0.6) is 5.75 Å². The fourth-order valence-electron chi connectivity index (χ4n) is 3.14. The van der Waals surface area contributed by atoms with Gasteiger partial charge >= 0.3 is 5.97 Å². The van der Waals surface area contributed by atoms with E-state index < -0.39 is 5.97 Å². The third kappa shape index (κ3) is 4.98. The summed E-state index contributed by atoms with van der Waals surface area (Å²) in [6.45, 7) is 3.27. The Morgan fingerprint density at radius 2 is 1.70 bits per heavy atom. The first kappa shape index (κ1) is 17.3. The van der Waals surface area contributed by atoms with Crippen molar-refractivity contribution < 1.29 is 19.4 Å². The molecule has 2 rings (SSSR count). The normalized spacial score (nSPS) is 15.7. The first-order chi connectivity index (χ1) is 11.0. The van der Waals surface area contributed by atoms with Crippen molar-refractivity contribution in [2.45, 2.75) is 58.4 Å². The van der Waals surface area contributed by atoms with Gasteiger partial charge in [0.25, 0.3) is 5.91 Å². The van der Waals surface area contributed by atoms with E-state index in [1.54, 1.807) is 12.1 Å². The second-order valence-corrected chi connectivity index (χ2v) is 6.28. The molecule has 0 aliphatic heterocycles. The number of benzene rings is 1. The first-order valence-electron chi connectivity index (χ1n) is 8.24. The van der Waals surface area contributed by atoms with E-state index >= 15 is 0 Å². The summed E-state index contributed by atoms with van der Waals surface area (Å²) < 4.78 is 5.30. The number of carbonyl (C=O) groups is 2. The molecule has 0 bridgehead atoms. The van der Waals surface area contributed by atoms with E-state index in [9.17, 15) is 9.59 Å². The van der Waals surface area contributed by atoms with Gasteiger partial charge in [-0.1, -0.05) is 25.7 Å². The minimum Gasteiger partial charge on any atom is -0.481 e. The number of rotatable bonds is 5. The second-order valence-electron chi connectivity index (χ2n) is 6.28. The summed E-state index contributed by atoms with van der Waals surface area (Å²) in [5.74, 6) is -0.537. The molecule has 1 aliphatic carbocycles. The van der Waals surface area contributed by atoms with Crippen LogP contribution in [-0.4, -0.2) is 29.6 Å². The highest BCUT2D eigenvalue weighted by Gasteiger charge is 2.17. The molecule has 23 heavy (non-hydrogen) atoms. The Labute approximate surface area is 137 Å². The number of amides is 1. The van der Waals surface area contributed by atoms with Gasteiger partial charge in [0, 0.05) is 11.6 Å². The van der Waals surface area contributed by atoms with Crippen molar-refractivity contribution in [1.82, 2.24) is 5.32 Å². The number of hydrogen-bond acceptors (Lipinski definition) is 3. The number of nitrogens with one attached hydrogen (secondary N) is 1. The molecule has 0 saturated heterocycles. The van der Waals surface area contributed by atoms with Gasteiger partial charge in [0.1, 0.15) is 5.75 Å². The van der Waals surface area contributed by atoms with Crippen LogP contribution in [-0.2, 0) is 4.79 Å². The Morgan fingerprint density at radius 1 is 1.13 bits per heavy atom. The molecule has 1 fully saturated rings. The van der Waals surface area contributed by atoms with E-state index in [1.165, 1.54) is 25.7 Å². The Morgan fingerprint density at radius 3 is 2.22 bits per heavy atom. The minimum absolute atomic E-state index is 0.0621. The van der Waals surface area contributed by atoms with Gasteiger partial charge in [-0.2, -0.15) is 0 Å². The van der Waals surface area contributed by atoms with Crippen LogP contribution in [0.1, 0.15) is 60.0 Å². The second kappa shape index (κ2) is 7.99. The van der Waals surface area contributed by atoms with E-state index in [-0.39, 0.29) is 18.6 Å². The molecule has 0 aromatic heterocycles. The molecule has 1 aromatic carbocycles. The van der Waals surface area contributed by atoms with Gasteiger partial charge in [0.05, 0.1) is 0 Å². The van der Waals surface area contributed by atoms with Crippen molar-refractivity contribution in [3.63, 3.8) is 0 Å². The molecule has 0 radical (unpaired) electrons. The average molecular weight is 319 g/mol. The Kier molecular flexibility index (Phi) is 6.02. The van der Waals surface area contributed by atoms with Crippen molar-refractivity contribution in [3.05, 3.63) is 28.8 Å². The number of carboxylic acids is 1. The van der Waals surface area contributed by atoms with Gasteiger partial charge in [-0.15, -0.1) is 0 Å². The van der Waals surface area contributed by atoms with Crippen LogP contribution < -0.4 is 10.1 Å². The third-order valence-corrected chi connectivity index (χ3v) is 4.25. The smallest absolute Gasteiger partial charge is 0.341 e. The van der Waals surface area contributed by atoms with Crippen molar-refractivity contribution in [2.75, 3.05) is 6.61 Å². The summed E-state index contributed by atoms with van der Waals surface area (Å²) in [5.41, 5.74) is 2.15. The van der Waals surface area contributed by atoms with Crippen LogP contribution in [0, 0.1) is 13.8 Å². The highest BCUT2D eigenvalue weighted by atomic mass is 16.5. The van der Waals surface area contributed by atoms with Crippen LogP contribution in [0.15, 0.2) is 12.1 Å². The largest absolute Gasteiger partial charge is 0.481 e. The molecule has 2 N–H and O–H groups in total. The molecule has 0 spiro atoms. The van der Waals surface area contributed by atoms with Gasteiger partial charge in [-0.05, 0) is 49.9 Å². The SMILES string of the molecule is Cc1cc(C(=O)NC2CCCCCC2)cc(C)c1OCC(=O)O. The van der Waals surface area contributed by atoms with Crippen LogP contribution in [0.3, 0.4) is 0 Å². The zero-order valence-electron chi connectivity index (χ0n) is 13.9. The van der Waals surface area contributed by atoms with E-state index in [1.807, 2.05) is 13.8 Å². The fourth-order valence-corrected chi connectivity index (χ4v) is 3.14. The molecule has 5 nitrogen and oxygen atoms in total. The molecule has 1 saturated carbocycles. The summed E-state index contributed by atoms with van der Waals surface area (Å²) in [5, 5.41) is 11.8. The summed E-state index contributed by atoms with van der Waals surface area (Å²) in [6, 6.07) is 3.78. The summed E-state index contributed by atoms with van der Waals surface area (Å²) >= 11 is 0. The first-order valence-corrected chi connectivity index (χ1v) is 8.24. The van der Waals surface area contributed by atoms with Crippen LogP contribution in [0.4, 0.5) is 0 Å². The number of aryl methyl sites for hydroxylation is 2. The van der Waals surface area contributed by atoms with Gasteiger partial charge in [0.15, 0.2) is 6.61 Å². The van der Waals surface area contributed by atoms with Crippen molar-refractivity contribution >= 4 is 11.9 Å². The number of hydrogen-bond donors (Lipinski definition) is 2. The summed E-state index contributed by atoms with van der Waals surface area (Å²) in [6.07, 6.45) is 6.93. The summed E-state index contributed by atoms with van der Waals surface area (Å²) in [7, 11) is 0. The highest BCUT2D eigenvalue weighted by molar-refractivity contribution is 5.95. The van der Waals surface area contributed by atoms with Crippen molar-refractivity contribution in [2.24, 2.45) is 0 Å². The van der Waals surface area contributed by atoms with Crippen molar-refractivity contribution in [3.8, 4) is 5.75 Å². The Balaban J connectivity index is 2.07. The maximum absolute atomic E-state index is 12.5. The molecular formula is C18H25NO4. The monoisotopic (exact) mass is 319 g/mol. The standard InChI is InChI=1S/C18H25NO4/c1-12-9-14(10-13(2)17(12)23-11-16(20)21)18(22)19-15-7-5-3-4-6-8-15/h9-10,15H,3-8,11H2,1-2H3,(H,19,22)(H,20,21). The average Bonchev–Trinajstić information content (AvgIpc) is 2.74. The predicted molar refractivity (Wildman–Crippen MR) is 88.0 cm³/mol. The summed E-state index contributed by atoms with van der Waals surface area (Å²) in [4.78, 5) is 23.1. The van der Waals surface area contributed by atoms with Crippen LogP contribution in [0.25, 0.3) is 0 Å². The maximum Gasteiger partial charge on any atom is 0.341 e. The van der Waals surface area contributed by atoms with Crippen LogP contribution >= 0.6 is 0 Å². The molecule has 0 unspecified atom stereocenters. The minimum atomic E-state index is -1.01. The van der Waals surface area contributed by atoms with E-state index in [0.29, 0.717) is 11.3 Å². The highest BCUT2D eigenvalue weighted by Crippen LogP contribution is 2.25. The van der Waals surface area contributed by atoms with E-state index in [2.05, 4.69) is 5.32 Å². The lowest BCUT2D eigenvalue weighted by Gasteiger charge is -2.17. The topological polar surface area (TPSA) is 75.6 Å². The van der Waals surface area contributed by atoms with Gasteiger partial charge < -0.3 is 15.2 Å². The molecule has 1 aliphatic rings. The maximum atomic E-state index is 12.5. The van der Waals surface area contributed by atoms with Gasteiger partial charge in [0.2, 0.25) is 0 Å². The molecule has 0 heterocycles. The van der Waals surface area contributed by atoms with E-state index in [4.69, 9.17) is 9.84 Å². The Bertz CT molecular complexity index is 551. The third-order valence-electron chi connectivity index (χ3n) is 4.25. The zero-order valence-corrected chi connectivity index (χ0v) is 13.9. The molecule has 0 atom stereocenters. The molecule has 1 aromatic rings. The lowest BCUT2D eigenvalue weighted by molar-refractivity contribution is -0.139. The quantitative estimate of drug-likeness (QED) is 0.817. The number of carboxylic acid groups (broad SMARTS) is 1. The molecule has 1 amide bonds. The van der Waals surface area contributed by atoms with E-state index in [0.717, 1.165) is 24.0 Å². The lowest BCUT2D eigenvalue weighted by atomic mass is 10.0. The fraction of sp³-hybridized carbons (Fsp3) is 0.556.